The van der Waals surface area contributed by atoms with Gasteiger partial charge < -0.3 is 10.6 Å². The molecule has 0 radical (unpaired) electrons. The molecule has 21 heavy (non-hydrogen) atoms. The zero-order valence-corrected chi connectivity index (χ0v) is 14.1. The van der Waals surface area contributed by atoms with Crippen molar-refractivity contribution in [1.82, 2.24) is 10.6 Å². The zero-order chi connectivity index (χ0) is 15.1. The van der Waals surface area contributed by atoms with E-state index in [1.54, 1.807) is 0 Å². The maximum Gasteiger partial charge on any atom is 0.0406 e. The minimum absolute atomic E-state index is 0.419. The summed E-state index contributed by atoms with van der Waals surface area (Å²) >= 11 is 5.98. The van der Waals surface area contributed by atoms with Gasteiger partial charge in [0.25, 0.3) is 0 Å². The number of benzene rings is 1. The summed E-state index contributed by atoms with van der Waals surface area (Å²) in [5.74, 6) is 0. The molecule has 0 aromatic heterocycles. The summed E-state index contributed by atoms with van der Waals surface area (Å²) in [4.78, 5) is 0. The van der Waals surface area contributed by atoms with Gasteiger partial charge in [-0.3, -0.25) is 0 Å². The first kappa shape index (κ1) is 16.8. The van der Waals surface area contributed by atoms with Crippen LogP contribution in [-0.4, -0.2) is 18.6 Å². The molecule has 1 aliphatic heterocycles. The van der Waals surface area contributed by atoms with Gasteiger partial charge in [-0.2, -0.15) is 0 Å². The van der Waals surface area contributed by atoms with Crippen molar-refractivity contribution in [2.75, 3.05) is 6.54 Å². The molecule has 1 aromatic rings. The van der Waals surface area contributed by atoms with Crippen LogP contribution in [0, 0.1) is 0 Å². The van der Waals surface area contributed by atoms with E-state index in [0.29, 0.717) is 18.1 Å². The molecule has 1 aliphatic rings. The molecule has 2 rings (SSSR count). The SMILES string of the molecule is CCC(NC(C)CC1CCCCCN1)c1ccc(Cl)cc1. The summed E-state index contributed by atoms with van der Waals surface area (Å²) < 4.78 is 0. The lowest BCUT2D eigenvalue weighted by atomic mass is 10.00. The lowest BCUT2D eigenvalue weighted by Crippen LogP contribution is -2.38. The zero-order valence-electron chi connectivity index (χ0n) is 13.4. The van der Waals surface area contributed by atoms with Gasteiger partial charge in [-0.1, -0.05) is 43.5 Å². The smallest absolute Gasteiger partial charge is 0.0406 e. The third kappa shape index (κ3) is 5.61. The van der Waals surface area contributed by atoms with E-state index in [-0.39, 0.29) is 0 Å². The van der Waals surface area contributed by atoms with Crippen molar-refractivity contribution in [2.45, 2.75) is 70.5 Å². The maximum absolute atomic E-state index is 5.98. The summed E-state index contributed by atoms with van der Waals surface area (Å²) in [5, 5.41) is 8.29. The third-order valence-electron chi connectivity index (χ3n) is 4.47. The van der Waals surface area contributed by atoms with E-state index < -0.39 is 0 Å². The molecule has 2 N–H and O–H groups in total. The van der Waals surface area contributed by atoms with Gasteiger partial charge in [0.05, 0.1) is 0 Å². The van der Waals surface area contributed by atoms with E-state index in [4.69, 9.17) is 11.6 Å². The quantitative estimate of drug-likeness (QED) is 0.796. The summed E-state index contributed by atoms with van der Waals surface area (Å²) in [5.41, 5.74) is 1.34. The molecule has 3 unspecified atom stereocenters. The van der Waals surface area contributed by atoms with Gasteiger partial charge in [0.15, 0.2) is 0 Å². The molecule has 0 bridgehead atoms. The average molecular weight is 309 g/mol. The van der Waals surface area contributed by atoms with Crippen molar-refractivity contribution in [3.05, 3.63) is 34.9 Å². The highest BCUT2D eigenvalue weighted by Gasteiger charge is 2.17. The Morgan fingerprint density at radius 1 is 1.24 bits per heavy atom. The van der Waals surface area contributed by atoms with Gasteiger partial charge in [0, 0.05) is 23.1 Å². The molecule has 1 saturated heterocycles. The second-order valence-electron chi connectivity index (χ2n) is 6.32. The van der Waals surface area contributed by atoms with Gasteiger partial charge in [0.1, 0.15) is 0 Å². The first-order chi connectivity index (χ1) is 10.2. The van der Waals surface area contributed by atoms with Crippen LogP contribution in [0.5, 0.6) is 0 Å². The highest BCUT2D eigenvalue weighted by Crippen LogP contribution is 2.21. The van der Waals surface area contributed by atoms with Crippen molar-refractivity contribution in [3.8, 4) is 0 Å². The first-order valence-corrected chi connectivity index (χ1v) is 8.81. The number of hydrogen-bond acceptors (Lipinski definition) is 2. The molecule has 1 heterocycles. The Labute approximate surface area is 134 Å². The van der Waals surface area contributed by atoms with Gasteiger partial charge in [0.2, 0.25) is 0 Å². The number of hydrogen-bond donors (Lipinski definition) is 2. The van der Waals surface area contributed by atoms with Crippen LogP contribution in [0.15, 0.2) is 24.3 Å². The van der Waals surface area contributed by atoms with Crippen LogP contribution in [0.2, 0.25) is 5.02 Å². The molecular formula is C18H29ClN2. The molecular weight excluding hydrogens is 280 g/mol. The summed E-state index contributed by atoms with van der Waals surface area (Å²) in [6, 6.07) is 9.87. The van der Waals surface area contributed by atoms with Crippen LogP contribution in [0.25, 0.3) is 0 Å². The lowest BCUT2D eigenvalue weighted by molar-refractivity contribution is 0.368. The molecule has 118 valence electrons. The van der Waals surface area contributed by atoms with E-state index in [0.717, 1.165) is 11.4 Å². The summed E-state index contributed by atoms with van der Waals surface area (Å²) in [6.45, 7) is 5.74. The lowest BCUT2D eigenvalue weighted by Gasteiger charge is -2.26. The predicted octanol–water partition coefficient (Wildman–Crippen LogP) is 4.69. The molecule has 0 aliphatic carbocycles. The molecule has 0 spiro atoms. The topological polar surface area (TPSA) is 24.1 Å². The Bertz CT molecular complexity index is 396. The molecule has 3 heteroatoms. The van der Waals surface area contributed by atoms with Crippen LogP contribution in [-0.2, 0) is 0 Å². The standard InChI is InChI=1S/C18H29ClN2/c1-3-18(15-8-10-16(19)11-9-15)21-14(2)13-17-7-5-4-6-12-20-17/h8-11,14,17-18,20-21H,3-7,12-13H2,1-2H3. The minimum atomic E-state index is 0.419. The molecule has 0 amide bonds. The Balaban J connectivity index is 1.86. The summed E-state index contributed by atoms with van der Waals surface area (Å²) in [7, 11) is 0. The Kier molecular flexibility index (Phi) is 7.01. The monoisotopic (exact) mass is 308 g/mol. The highest BCUT2D eigenvalue weighted by atomic mass is 35.5. The Morgan fingerprint density at radius 2 is 2.00 bits per heavy atom. The fourth-order valence-corrected chi connectivity index (χ4v) is 3.41. The van der Waals surface area contributed by atoms with Crippen LogP contribution in [0.4, 0.5) is 0 Å². The molecule has 0 saturated carbocycles. The van der Waals surface area contributed by atoms with Crippen molar-refractivity contribution in [3.63, 3.8) is 0 Å². The number of halogens is 1. The van der Waals surface area contributed by atoms with E-state index in [1.165, 1.54) is 44.2 Å². The largest absolute Gasteiger partial charge is 0.314 e. The summed E-state index contributed by atoms with van der Waals surface area (Å²) in [6.07, 6.45) is 7.73. The molecule has 2 nitrogen and oxygen atoms in total. The van der Waals surface area contributed by atoms with Gasteiger partial charge in [-0.05, 0) is 56.8 Å². The second-order valence-corrected chi connectivity index (χ2v) is 6.75. The van der Waals surface area contributed by atoms with E-state index in [9.17, 15) is 0 Å². The van der Waals surface area contributed by atoms with Gasteiger partial charge >= 0.3 is 0 Å². The van der Waals surface area contributed by atoms with Crippen LogP contribution >= 0.6 is 11.6 Å². The van der Waals surface area contributed by atoms with Crippen LogP contribution in [0.3, 0.4) is 0 Å². The van der Waals surface area contributed by atoms with Gasteiger partial charge in [-0.25, -0.2) is 0 Å². The molecule has 1 fully saturated rings. The Hall–Kier alpha value is -0.570. The first-order valence-electron chi connectivity index (χ1n) is 8.44. The normalized spacial score (nSPS) is 22.5. The fourth-order valence-electron chi connectivity index (χ4n) is 3.29. The van der Waals surface area contributed by atoms with E-state index in [1.807, 2.05) is 12.1 Å². The number of rotatable bonds is 6. The highest BCUT2D eigenvalue weighted by molar-refractivity contribution is 6.30. The van der Waals surface area contributed by atoms with E-state index >= 15 is 0 Å². The second kappa shape index (κ2) is 8.77. The Morgan fingerprint density at radius 3 is 2.71 bits per heavy atom. The van der Waals surface area contributed by atoms with Crippen LogP contribution in [0.1, 0.15) is 64.0 Å². The molecule has 1 aromatic carbocycles. The maximum atomic E-state index is 5.98. The van der Waals surface area contributed by atoms with Crippen molar-refractivity contribution in [2.24, 2.45) is 0 Å². The van der Waals surface area contributed by atoms with Crippen LogP contribution < -0.4 is 10.6 Å². The minimum Gasteiger partial charge on any atom is -0.314 e. The molecule has 3 atom stereocenters. The van der Waals surface area contributed by atoms with Gasteiger partial charge in [-0.15, -0.1) is 0 Å². The van der Waals surface area contributed by atoms with Crippen molar-refractivity contribution >= 4 is 11.6 Å². The van der Waals surface area contributed by atoms with Crippen molar-refractivity contribution in [1.29, 1.82) is 0 Å². The third-order valence-corrected chi connectivity index (χ3v) is 4.72. The van der Waals surface area contributed by atoms with Crippen molar-refractivity contribution < 1.29 is 0 Å². The van der Waals surface area contributed by atoms with E-state index in [2.05, 4.69) is 36.6 Å². The fraction of sp³-hybridized carbons (Fsp3) is 0.667. The number of nitrogens with one attached hydrogen (secondary N) is 2. The average Bonchev–Trinajstić information content (AvgIpc) is 2.74. The predicted molar refractivity (Wildman–Crippen MR) is 92.0 cm³/mol.